The average Bonchev–Trinajstić information content (AvgIpc) is 3.42. The highest BCUT2D eigenvalue weighted by Crippen LogP contribution is 2.39. The minimum absolute atomic E-state index is 0.0719. The Labute approximate surface area is 159 Å². The Hall–Kier alpha value is -2.10. The van der Waals surface area contributed by atoms with Gasteiger partial charge in [-0.15, -0.1) is 0 Å². The van der Waals surface area contributed by atoms with Crippen LogP contribution in [0.4, 0.5) is 5.69 Å². The Morgan fingerprint density at radius 2 is 2.00 bits per heavy atom. The zero-order chi connectivity index (χ0) is 19.3. The van der Waals surface area contributed by atoms with Gasteiger partial charge in [0.15, 0.2) is 0 Å². The maximum atomic E-state index is 12.3. The van der Waals surface area contributed by atoms with Crippen molar-refractivity contribution in [3.05, 3.63) is 28.8 Å². The maximum Gasteiger partial charge on any atom is 0.238 e. The van der Waals surface area contributed by atoms with Crippen LogP contribution in [-0.2, 0) is 9.59 Å². The molecule has 0 bridgehead atoms. The number of carbonyl (C=O) groups is 2. The zero-order valence-electron chi connectivity index (χ0n) is 15.4. The number of anilines is 1. The third-order valence-corrected chi connectivity index (χ3v) is 4.92. The van der Waals surface area contributed by atoms with E-state index in [1.54, 1.807) is 24.0 Å². The average molecular weight is 377 g/mol. The van der Waals surface area contributed by atoms with Crippen LogP contribution in [0.1, 0.15) is 32.3 Å². The highest BCUT2D eigenvalue weighted by atomic mass is 35.5. The first-order chi connectivity index (χ1) is 12.3. The molecule has 0 aromatic heterocycles. The van der Waals surface area contributed by atoms with Gasteiger partial charge < -0.3 is 10.6 Å². The molecule has 1 aromatic carbocycles. The fourth-order valence-electron chi connectivity index (χ4n) is 2.82. The van der Waals surface area contributed by atoms with Crippen molar-refractivity contribution in [3.63, 3.8) is 0 Å². The van der Waals surface area contributed by atoms with E-state index in [-0.39, 0.29) is 30.8 Å². The van der Waals surface area contributed by atoms with Crippen LogP contribution in [0, 0.1) is 24.2 Å². The minimum Gasteiger partial charge on any atom is -0.337 e. The first-order valence-electron chi connectivity index (χ1n) is 8.78. The van der Waals surface area contributed by atoms with E-state index in [1.165, 1.54) is 0 Å². The van der Waals surface area contributed by atoms with Gasteiger partial charge in [-0.1, -0.05) is 24.6 Å². The molecule has 2 N–H and O–H groups in total. The first kappa shape index (κ1) is 20.2. The van der Waals surface area contributed by atoms with E-state index in [2.05, 4.69) is 16.7 Å². The molecule has 7 heteroatoms. The molecule has 26 heavy (non-hydrogen) atoms. The Morgan fingerprint density at radius 1 is 1.35 bits per heavy atom. The number of nitriles is 1. The molecule has 140 valence electrons. The van der Waals surface area contributed by atoms with E-state index in [0.29, 0.717) is 17.3 Å². The monoisotopic (exact) mass is 376 g/mol. The van der Waals surface area contributed by atoms with Crippen molar-refractivity contribution in [1.82, 2.24) is 10.2 Å². The van der Waals surface area contributed by atoms with Crippen molar-refractivity contribution in [2.75, 3.05) is 25.0 Å². The van der Waals surface area contributed by atoms with Gasteiger partial charge in [0.1, 0.15) is 5.54 Å². The Bertz CT molecular complexity index is 727. The molecular weight excluding hydrogens is 352 g/mol. The summed E-state index contributed by atoms with van der Waals surface area (Å²) in [7, 11) is 0. The number of halogens is 1. The van der Waals surface area contributed by atoms with Gasteiger partial charge in [0.2, 0.25) is 11.8 Å². The van der Waals surface area contributed by atoms with Crippen LogP contribution >= 0.6 is 11.6 Å². The normalized spacial score (nSPS) is 15.8. The van der Waals surface area contributed by atoms with E-state index < -0.39 is 5.54 Å². The van der Waals surface area contributed by atoms with Gasteiger partial charge >= 0.3 is 0 Å². The molecule has 0 heterocycles. The summed E-state index contributed by atoms with van der Waals surface area (Å²) in [5, 5.41) is 15.5. The summed E-state index contributed by atoms with van der Waals surface area (Å²) in [5.74, 6) is -0.231. The van der Waals surface area contributed by atoms with E-state index >= 15 is 0 Å². The molecule has 6 nitrogen and oxygen atoms in total. The largest absolute Gasteiger partial charge is 0.337 e. The molecule has 1 atom stereocenters. The Balaban J connectivity index is 1.90. The van der Waals surface area contributed by atoms with Gasteiger partial charge in [0.05, 0.1) is 19.2 Å². The molecule has 1 aliphatic rings. The number of aryl methyl sites for hydroxylation is 1. The van der Waals surface area contributed by atoms with Crippen molar-refractivity contribution in [1.29, 1.82) is 5.26 Å². The molecule has 2 rings (SSSR count). The lowest BCUT2D eigenvalue weighted by molar-refractivity contribution is -0.124. The van der Waals surface area contributed by atoms with Crippen LogP contribution < -0.4 is 10.6 Å². The van der Waals surface area contributed by atoms with Crippen LogP contribution in [0.3, 0.4) is 0 Å². The van der Waals surface area contributed by atoms with Crippen molar-refractivity contribution >= 4 is 29.1 Å². The van der Waals surface area contributed by atoms with Gasteiger partial charge in [-0.3, -0.25) is 14.5 Å². The fraction of sp³-hybridized carbons (Fsp3) is 0.526. The number of hydrogen-bond donors (Lipinski definition) is 2. The number of benzene rings is 1. The summed E-state index contributed by atoms with van der Waals surface area (Å²) in [6.07, 6.45) is 1.92. The van der Waals surface area contributed by atoms with Crippen LogP contribution in [-0.4, -0.2) is 41.9 Å². The van der Waals surface area contributed by atoms with Gasteiger partial charge in [-0.2, -0.15) is 5.26 Å². The molecule has 1 fully saturated rings. The molecule has 0 radical (unpaired) electrons. The first-order valence-corrected chi connectivity index (χ1v) is 9.15. The van der Waals surface area contributed by atoms with Crippen molar-refractivity contribution in [2.24, 2.45) is 5.92 Å². The molecule has 1 saturated carbocycles. The summed E-state index contributed by atoms with van der Waals surface area (Å²) >= 11 is 5.97. The van der Waals surface area contributed by atoms with Crippen molar-refractivity contribution < 1.29 is 9.59 Å². The molecule has 1 aliphatic carbocycles. The van der Waals surface area contributed by atoms with Crippen LogP contribution in [0.5, 0.6) is 0 Å². The number of nitrogens with zero attached hydrogens (tertiary/aromatic N) is 2. The Morgan fingerprint density at radius 3 is 2.58 bits per heavy atom. The molecule has 0 aliphatic heterocycles. The maximum absolute atomic E-state index is 12.3. The van der Waals surface area contributed by atoms with E-state index in [0.717, 1.165) is 18.4 Å². The summed E-state index contributed by atoms with van der Waals surface area (Å²) in [4.78, 5) is 26.3. The quantitative estimate of drug-likeness (QED) is 0.730. The van der Waals surface area contributed by atoms with Gasteiger partial charge in [0.25, 0.3) is 0 Å². The lowest BCUT2D eigenvalue weighted by Crippen LogP contribution is -2.50. The second-order valence-electron chi connectivity index (χ2n) is 6.95. The fourth-order valence-corrected chi connectivity index (χ4v) is 2.99. The van der Waals surface area contributed by atoms with Crippen LogP contribution in [0.25, 0.3) is 0 Å². The molecule has 1 aromatic rings. The smallest absolute Gasteiger partial charge is 0.238 e. The zero-order valence-corrected chi connectivity index (χ0v) is 16.2. The lowest BCUT2D eigenvalue weighted by atomic mass is 9.98. The SMILES string of the molecule is CCN(CC(=O)Nc1cc(Cl)ccc1C)CC(=O)N[C@@](C)(C#N)C1CC1. The summed E-state index contributed by atoms with van der Waals surface area (Å²) in [6, 6.07) is 7.51. The van der Waals surface area contributed by atoms with Gasteiger partial charge in [0, 0.05) is 10.7 Å². The van der Waals surface area contributed by atoms with E-state index in [9.17, 15) is 14.9 Å². The second-order valence-corrected chi connectivity index (χ2v) is 7.38. The lowest BCUT2D eigenvalue weighted by Gasteiger charge is -2.25. The number of amides is 2. The molecule has 0 spiro atoms. The second kappa shape index (κ2) is 8.52. The van der Waals surface area contributed by atoms with E-state index in [1.807, 2.05) is 19.9 Å². The molecule has 0 unspecified atom stereocenters. The predicted octanol–water partition coefficient (Wildman–Crippen LogP) is 2.72. The summed E-state index contributed by atoms with van der Waals surface area (Å²) in [5.41, 5.74) is 0.753. The van der Waals surface area contributed by atoms with Crippen molar-refractivity contribution in [2.45, 2.75) is 39.2 Å². The number of rotatable bonds is 8. The summed E-state index contributed by atoms with van der Waals surface area (Å²) < 4.78 is 0. The highest BCUT2D eigenvalue weighted by Gasteiger charge is 2.43. The third kappa shape index (κ3) is 5.45. The molecular formula is C19H25ClN4O2. The Kier molecular flexibility index (Phi) is 6.63. The van der Waals surface area contributed by atoms with Crippen molar-refractivity contribution in [3.8, 4) is 6.07 Å². The van der Waals surface area contributed by atoms with E-state index in [4.69, 9.17) is 11.6 Å². The standard InChI is InChI=1S/C19H25ClN4O2/c1-4-24(11-18(26)23-19(3,12-21)14-6-7-14)10-17(25)22-16-9-15(20)8-5-13(16)2/h5,8-9,14H,4,6-7,10-11H2,1-3H3,(H,22,25)(H,23,26)/t19-/m0/s1. The van der Waals surface area contributed by atoms with Crippen LogP contribution in [0.2, 0.25) is 5.02 Å². The number of likely N-dealkylation sites (N-methyl/N-ethyl adjacent to an activating group) is 1. The van der Waals surface area contributed by atoms with Gasteiger partial charge in [-0.05, 0) is 56.8 Å². The number of hydrogen-bond acceptors (Lipinski definition) is 4. The van der Waals surface area contributed by atoms with Crippen LogP contribution in [0.15, 0.2) is 18.2 Å². The molecule has 2 amide bonds. The minimum atomic E-state index is -0.823. The third-order valence-electron chi connectivity index (χ3n) is 4.68. The predicted molar refractivity (Wildman–Crippen MR) is 102 cm³/mol. The molecule has 0 saturated heterocycles. The van der Waals surface area contributed by atoms with Gasteiger partial charge in [-0.25, -0.2) is 0 Å². The number of carbonyl (C=O) groups excluding carboxylic acids is 2. The topological polar surface area (TPSA) is 85.2 Å². The highest BCUT2D eigenvalue weighted by molar-refractivity contribution is 6.31. The number of nitrogens with one attached hydrogen (secondary N) is 2. The summed E-state index contributed by atoms with van der Waals surface area (Å²) in [6.45, 7) is 6.23.